The van der Waals surface area contributed by atoms with E-state index in [1.807, 2.05) is 6.07 Å². The Bertz CT molecular complexity index is 1010. The van der Waals surface area contributed by atoms with Gasteiger partial charge in [-0.25, -0.2) is 0 Å². The molecule has 0 aliphatic carbocycles. The smallest absolute Gasteiger partial charge is 0.161 e. The van der Waals surface area contributed by atoms with Crippen molar-refractivity contribution in [3.05, 3.63) is 47.0 Å². The fourth-order valence-corrected chi connectivity index (χ4v) is 6.23. The lowest BCUT2D eigenvalue weighted by molar-refractivity contribution is -0.0187. The SMILES string of the molecule is CCCC[C@@H]1c2cc(OC)c(OC)cc2C2(C)CC(N)CCN2[C@@H]1c1ccc(OC)c(OC)c1. The highest BCUT2D eigenvalue weighted by Gasteiger charge is 2.51. The number of benzene rings is 2. The summed E-state index contributed by atoms with van der Waals surface area (Å²) in [6.45, 7) is 5.56. The fraction of sp³-hybridized carbons (Fsp3) is 0.571. The van der Waals surface area contributed by atoms with Crippen LogP contribution in [0.2, 0.25) is 0 Å². The predicted molar refractivity (Wildman–Crippen MR) is 135 cm³/mol. The summed E-state index contributed by atoms with van der Waals surface area (Å²) >= 11 is 0. The topological polar surface area (TPSA) is 66.2 Å². The average molecular weight is 469 g/mol. The predicted octanol–water partition coefficient (Wildman–Crippen LogP) is 5.39. The van der Waals surface area contributed by atoms with Crippen molar-refractivity contribution in [3.63, 3.8) is 0 Å². The molecule has 2 aromatic carbocycles. The highest BCUT2D eigenvalue weighted by Crippen LogP contribution is 2.57. The van der Waals surface area contributed by atoms with E-state index in [9.17, 15) is 0 Å². The third-order valence-electron chi connectivity index (χ3n) is 7.90. The van der Waals surface area contributed by atoms with E-state index in [4.69, 9.17) is 24.7 Å². The summed E-state index contributed by atoms with van der Waals surface area (Å²) in [4.78, 5) is 2.69. The van der Waals surface area contributed by atoms with Gasteiger partial charge in [-0.1, -0.05) is 25.8 Å². The first-order valence-electron chi connectivity index (χ1n) is 12.4. The van der Waals surface area contributed by atoms with Crippen LogP contribution in [-0.4, -0.2) is 45.9 Å². The number of nitrogens with two attached hydrogens (primary N) is 1. The minimum atomic E-state index is -0.201. The van der Waals surface area contributed by atoms with Gasteiger partial charge in [0.1, 0.15) is 0 Å². The summed E-state index contributed by atoms with van der Waals surface area (Å²) in [6, 6.07) is 11.2. The first-order valence-corrected chi connectivity index (χ1v) is 12.4. The van der Waals surface area contributed by atoms with Crippen LogP contribution in [0.3, 0.4) is 0 Å². The number of hydrogen-bond acceptors (Lipinski definition) is 6. The Labute approximate surface area is 204 Å². The molecular formula is C28H40N2O4. The molecule has 2 N–H and O–H groups in total. The molecule has 186 valence electrons. The molecule has 0 amide bonds. The van der Waals surface area contributed by atoms with Gasteiger partial charge in [-0.3, -0.25) is 4.90 Å². The van der Waals surface area contributed by atoms with Crippen molar-refractivity contribution in [1.29, 1.82) is 0 Å². The maximum Gasteiger partial charge on any atom is 0.161 e. The number of nitrogens with zero attached hydrogens (tertiary/aromatic N) is 1. The third-order valence-corrected chi connectivity index (χ3v) is 7.90. The maximum atomic E-state index is 6.57. The zero-order valence-corrected chi connectivity index (χ0v) is 21.5. The number of methoxy groups -OCH3 is 4. The molecule has 2 unspecified atom stereocenters. The monoisotopic (exact) mass is 468 g/mol. The van der Waals surface area contributed by atoms with Crippen molar-refractivity contribution in [2.45, 2.75) is 69.5 Å². The lowest BCUT2D eigenvalue weighted by atomic mass is 9.66. The molecule has 4 atom stereocenters. The van der Waals surface area contributed by atoms with Crippen LogP contribution < -0.4 is 24.7 Å². The standard InChI is InChI=1S/C28H40N2O4/c1-7-8-9-20-21-15-25(33-5)26(34-6)16-22(21)28(2)17-19(29)12-13-30(28)27(20)18-10-11-23(31-3)24(14-18)32-4/h10-11,14-16,19-20,27H,7-9,12-13,17,29H2,1-6H3/t19?,20-,27-,28?/m1/s1. The quantitative estimate of drug-likeness (QED) is 0.560. The molecule has 34 heavy (non-hydrogen) atoms. The average Bonchev–Trinajstić information content (AvgIpc) is 2.85. The van der Waals surface area contributed by atoms with Crippen LogP contribution in [0.15, 0.2) is 30.3 Å². The van der Waals surface area contributed by atoms with Crippen LogP contribution in [-0.2, 0) is 5.54 Å². The van der Waals surface area contributed by atoms with Crippen molar-refractivity contribution >= 4 is 0 Å². The van der Waals surface area contributed by atoms with Crippen molar-refractivity contribution in [3.8, 4) is 23.0 Å². The minimum Gasteiger partial charge on any atom is -0.493 e. The summed E-state index contributed by atoms with van der Waals surface area (Å²) in [5, 5.41) is 0. The summed E-state index contributed by atoms with van der Waals surface area (Å²) in [7, 11) is 6.81. The van der Waals surface area contributed by atoms with Gasteiger partial charge in [0.2, 0.25) is 0 Å². The lowest BCUT2D eigenvalue weighted by Gasteiger charge is -2.57. The molecule has 1 saturated heterocycles. The van der Waals surface area contributed by atoms with Crippen molar-refractivity contribution in [2.75, 3.05) is 35.0 Å². The minimum absolute atomic E-state index is 0.167. The Balaban J connectivity index is 1.95. The highest BCUT2D eigenvalue weighted by atomic mass is 16.5. The molecule has 2 aliphatic rings. The van der Waals surface area contributed by atoms with Gasteiger partial charge in [0, 0.05) is 30.1 Å². The lowest BCUT2D eigenvalue weighted by Crippen LogP contribution is -2.58. The molecule has 4 rings (SSSR count). The first-order chi connectivity index (χ1) is 16.4. The number of rotatable bonds is 8. The number of hydrogen-bond donors (Lipinski definition) is 1. The van der Waals surface area contributed by atoms with E-state index in [1.165, 1.54) is 16.7 Å². The molecule has 6 heteroatoms. The van der Waals surface area contributed by atoms with E-state index in [1.54, 1.807) is 28.4 Å². The Morgan fingerprint density at radius 2 is 1.59 bits per heavy atom. The van der Waals surface area contributed by atoms with Gasteiger partial charge in [0.25, 0.3) is 0 Å². The van der Waals surface area contributed by atoms with Crippen molar-refractivity contribution in [1.82, 2.24) is 4.90 Å². The van der Waals surface area contributed by atoms with E-state index in [-0.39, 0.29) is 17.6 Å². The van der Waals surface area contributed by atoms with Gasteiger partial charge in [-0.2, -0.15) is 0 Å². The van der Waals surface area contributed by atoms with Gasteiger partial charge in [0.15, 0.2) is 23.0 Å². The fourth-order valence-electron chi connectivity index (χ4n) is 6.23. The van der Waals surface area contributed by atoms with Gasteiger partial charge in [0.05, 0.1) is 28.4 Å². The third kappa shape index (κ3) is 4.11. The van der Waals surface area contributed by atoms with E-state index in [0.717, 1.165) is 61.6 Å². The first kappa shape index (κ1) is 24.7. The Morgan fingerprint density at radius 3 is 2.24 bits per heavy atom. The van der Waals surface area contributed by atoms with E-state index < -0.39 is 0 Å². The van der Waals surface area contributed by atoms with E-state index in [2.05, 4.69) is 43.0 Å². The van der Waals surface area contributed by atoms with Gasteiger partial charge in [-0.05, 0) is 67.1 Å². The second-order valence-corrected chi connectivity index (χ2v) is 9.82. The number of ether oxygens (including phenoxy) is 4. The Morgan fingerprint density at radius 1 is 0.941 bits per heavy atom. The number of unbranched alkanes of at least 4 members (excludes halogenated alkanes) is 1. The summed E-state index contributed by atoms with van der Waals surface area (Å²) in [6.07, 6.45) is 5.30. The molecule has 0 spiro atoms. The Hall–Kier alpha value is -2.44. The molecule has 0 aromatic heterocycles. The number of fused-ring (bicyclic) bond motifs is 3. The highest BCUT2D eigenvalue weighted by molar-refractivity contribution is 5.54. The summed E-state index contributed by atoms with van der Waals surface area (Å²) in [5.41, 5.74) is 10.3. The van der Waals surface area contributed by atoms with Crippen LogP contribution in [0.4, 0.5) is 0 Å². The molecule has 1 fully saturated rings. The number of piperidine rings is 1. The van der Waals surface area contributed by atoms with E-state index in [0.29, 0.717) is 5.92 Å². The molecule has 6 nitrogen and oxygen atoms in total. The van der Waals surface area contributed by atoms with Gasteiger partial charge in [-0.15, -0.1) is 0 Å². The molecule has 2 aromatic rings. The normalized spacial score (nSPS) is 26.4. The summed E-state index contributed by atoms with van der Waals surface area (Å²) in [5.74, 6) is 3.40. The second kappa shape index (κ2) is 10.0. The molecule has 0 radical (unpaired) electrons. The van der Waals surface area contributed by atoms with Gasteiger partial charge < -0.3 is 24.7 Å². The zero-order chi connectivity index (χ0) is 24.5. The Kier molecular flexibility index (Phi) is 7.29. The van der Waals surface area contributed by atoms with Crippen LogP contribution in [0.25, 0.3) is 0 Å². The van der Waals surface area contributed by atoms with Crippen LogP contribution in [0.5, 0.6) is 23.0 Å². The largest absolute Gasteiger partial charge is 0.493 e. The molecule has 0 saturated carbocycles. The van der Waals surface area contributed by atoms with Crippen LogP contribution >= 0.6 is 0 Å². The summed E-state index contributed by atoms with van der Waals surface area (Å²) < 4.78 is 22.7. The van der Waals surface area contributed by atoms with Crippen molar-refractivity contribution in [2.24, 2.45) is 5.73 Å². The van der Waals surface area contributed by atoms with Gasteiger partial charge >= 0.3 is 0 Å². The molecule has 2 heterocycles. The molecule has 0 bridgehead atoms. The molecule has 2 aliphatic heterocycles. The molecular weight excluding hydrogens is 428 g/mol. The zero-order valence-electron chi connectivity index (χ0n) is 21.5. The van der Waals surface area contributed by atoms with Crippen LogP contribution in [0, 0.1) is 0 Å². The van der Waals surface area contributed by atoms with Crippen molar-refractivity contribution < 1.29 is 18.9 Å². The van der Waals surface area contributed by atoms with Crippen LogP contribution in [0.1, 0.15) is 74.6 Å². The van der Waals surface area contributed by atoms with E-state index >= 15 is 0 Å². The maximum absolute atomic E-state index is 6.57. The second-order valence-electron chi connectivity index (χ2n) is 9.82.